The minimum atomic E-state index is -0.517. The summed E-state index contributed by atoms with van der Waals surface area (Å²) in [6.45, 7) is 6.88. The van der Waals surface area contributed by atoms with E-state index < -0.39 is 5.25 Å². The van der Waals surface area contributed by atoms with Gasteiger partial charge in [0.05, 0.1) is 18.9 Å². The van der Waals surface area contributed by atoms with E-state index in [0.29, 0.717) is 18.4 Å². The largest absolute Gasteiger partial charge is 0.378 e. The Morgan fingerprint density at radius 1 is 0.917 bits per heavy atom. The standard InChI is InChI=1S/C28H29N5O2S/c1-20-12-14-23(15-13-20)29-26(34)25(22-9-4-3-5-10-22)36-28-31-30-27(32-16-18-35-19-17-32)33(28)24-11-7-6-8-21(24)2/h3-15,25H,16-19H2,1-2H3,(H,29,34). The number of nitrogens with zero attached hydrogens (tertiary/aromatic N) is 4. The van der Waals surface area contributed by atoms with E-state index in [0.717, 1.165) is 47.1 Å². The Balaban J connectivity index is 1.53. The average molecular weight is 500 g/mol. The molecule has 184 valence electrons. The number of aryl methyl sites for hydroxylation is 2. The highest BCUT2D eigenvalue weighted by Crippen LogP contribution is 2.38. The van der Waals surface area contributed by atoms with E-state index in [1.807, 2.05) is 73.7 Å². The maximum Gasteiger partial charge on any atom is 0.242 e. The number of carbonyl (C=O) groups excluding carboxylic acids is 1. The van der Waals surface area contributed by atoms with Crippen LogP contribution >= 0.6 is 11.8 Å². The normalized spacial score (nSPS) is 14.4. The Kier molecular flexibility index (Phi) is 7.34. The van der Waals surface area contributed by atoms with Crippen LogP contribution < -0.4 is 10.2 Å². The Bertz CT molecular complexity index is 1320. The lowest BCUT2D eigenvalue weighted by Crippen LogP contribution is -2.38. The molecular formula is C28H29N5O2S. The van der Waals surface area contributed by atoms with E-state index >= 15 is 0 Å². The number of para-hydroxylation sites is 1. The molecule has 1 saturated heterocycles. The summed E-state index contributed by atoms with van der Waals surface area (Å²) in [5.74, 6) is 0.656. The molecule has 1 unspecified atom stereocenters. The third-order valence-electron chi connectivity index (χ3n) is 6.15. The van der Waals surface area contributed by atoms with E-state index in [-0.39, 0.29) is 5.91 Å². The van der Waals surface area contributed by atoms with Gasteiger partial charge in [-0.25, -0.2) is 0 Å². The molecule has 4 aromatic rings. The highest BCUT2D eigenvalue weighted by atomic mass is 32.2. The lowest BCUT2D eigenvalue weighted by atomic mass is 10.1. The monoisotopic (exact) mass is 499 g/mol. The molecule has 8 heteroatoms. The van der Waals surface area contributed by atoms with Crippen LogP contribution in [0.15, 0.2) is 84.0 Å². The van der Waals surface area contributed by atoms with Crippen molar-refractivity contribution < 1.29 is 9.53 Å². The van der Waals surface area contributed by atoms with Crippen molar-refractivity contribution in [1.82, 2.24) is 14.8 Å². The van der Waals surface area contributed by atoms with Crippen LogP contribution in [0.25, 0.3) is 5.69 Å². The van der Waals surface area contributed by atoms with Crippen LogP contribution in [-0.4, -0.2) is 47.0 Å². The van der Waals surface area contributed by atoms with Gasteiger partial charge >= 0.3 is 0 Å². The van der Waals surface area contributed by atoms with Crippen molar-refractivity contribution in [3.05, 3.63) is 95.6 Å². The lowest BCUT2D eigenvalue weighted by Gasteiger charge is -2.28. The molecule has 0 spiro atoms. The number of nitrogens with one attached hydrogen (secondary N) is 1. The minimum absolute atomic E-state index is 0.109. The number of carbonyl (C=O) groups is 1. The maximum absolute atomic E-state index is 13.6. The molecule has 36 heavy (non-hydrogen) atoms. The van der Waals surface area contributed by atoms with E-state index in [2.05, 4.69) is 44.0 Å². The van der Waals surface area contributed by atoms with Crippen LogP contribution in [0.1, 0.15) is 21.9 Å². The van der Waals surface area contributed by atoms with Crippen molar-refractivity contribution in [2.24, 2.45) is 0 Å². The van der Waals surface area contributed by atoms with Crippen LogP contribution in [-0.2, 0) is 9.53 Å². The van der Waals surface area contributed by atoms with Crippen molar-refractivity contribution in [3.63, 3.8) is 0 Å². The summed E-state index contributed by atoms with van der Waals surface area (Å²) in [6, 6.07) is 25.8. The van der Waals surface area contributed by atoms with Gasteiger partial charge in [-0.3, -0.25) is 9.36 Å². The molecule has 0 bridgehead atoms. The van der Waals surface area contributed by atoms with Gasteiger partial charge in [-0.05, 0) is 43.2 Å². The van der Waals surface area contributed by atoms with Crippen molar-refractivity contribution in [1.29, 1.82) is 0 Å². The van der Waals surface area contributed by atoms with Crippen molar-refractivity contribution >= 4 is 29.3 Å². The van der Waals surface area contributed by atoms with Crippen LogP contribution in [0.5, 0.6) is 0 Å². The van der Waals surface area contributed by atoms with Crippen molar-refractivity contribution in [2.45, 2.75) is 24.3 Å². The molecule has 0 aliphatic carbocycles. The number of thioether (sulfide) groups is 1. The fraction of sp³-hybridized carbons (Fsp3) is 0.250. The van der Waals surface area contributed by atoms with E-state index in [1.165, 1.54) is 11.8 Å². The Labute approximate surface area is 215 Å². The van der Waals surface area contributed by atoms with Gasteiger partial charge in [0.15, 0.2) is 5.16 Å². The number of rotatable bonds is 7. The van der Waals surface area contributed by atoms with Crippen LogP contribution in [0, 0.1) is 13.8 Å². The second-order valence-electron chi connectivity index (χ2n) is 8.77. The first-order valence-electron chi connectivity index (χ1n) is 12.0. The summed E-state index contributed by atoms with van der Waals surface area (Å²) >= 11 is 1.41. The third-order valence-corrected chi connectivity index (χ3v) is 7.35. The summed E-state index contributed by atoms with van der Waals surface area (Å²) in [7, 11) is 0. The van der Waals surface area contributed by atoms with Crippen LogP contribution in [0.3, 0.4) is 0 Å². The Morgan fingerprint density at radius 2 is 1.61 bits per heavy atom. The zero-order valence-electron chi connectivity index (χ0n) is 20.4. The van der Waals surface area contributed by atoms with Crippen LogP contribution in [0.2, 0.25) is 0 Å². The van der Waals surface area contributed by atoms with Gasteiger partial charge < -0.3 is 15.0 Å². The Hall–Kier alpha value is -3.62. The summed E-state index contributed by atoms with van der Waals surface area (Å²) in [4.78, 5) is 15.8. The van der Waals surface area contributed by atoms with Gasteiger partial charge in [0.25, 0.3) is 0 Å². The molecule has 1 aliphatic heterocycles. The first kappa shape index (κ1) is 24.1. The summed E-state index contributed by atoms with van der Waals surface area (Å²) in [5.41, 5.74) is 4.91. The highest BCUT2D eigenvalue weighted by molar-refractivity contribution is 8.00. The van der Waals surface area contributed by atoms with E-state index in [4.69, 9.17) is 4.74 Å². The molecule has 1 atom stereocenters. The minimum Gasteiger partial charge on any atom is -0.378 e. The zero-order valence-corrected chi connectivity index (χ0v) is 21.2. The second kappa shape index (κ2) is 11.0. The topological polar surface area (TPSA) is 72.3 Å². The highest BCUT2D eigenvalue weighted by Gasteiger charge is 2.28. The molecule has 1 aromatic heterocycles. The van der Waals surface area contributed by atoms with E-state index in [9.17, 15) is 4.79 Å². The summed E-state index contributed by atoms with van der Waals surface area (Å²) < 4.78 is 7.63. The number of ether oxygens (including phenoxy) is 1. The average Bonchev–Trinajstić information content (AvgIpc) is 3.33. The molecule has 1 fully saturated rings. The predicted octanol–water partition coefficient (Wildman–Crippen LogP) is 5.19. The number of aromatic nitrogens is 3. The number of hydrogen-bond donors (Lipinski definition) is 1. The fourth-order valence-corrected chi connectivity index (χ4v) is 5.23. The molecule has 1 N–H and O–H groups in total. The summed E-state index contributed by atoms with van der Waals surface area (Å²) in [6.07, 6.45) is 0. The second-order valence-corrected chi connectivity index (χ2v) is 9.84. The van der Waals surface area contributed by atoms with Gasteiger partial charge in [0, 0.05) is 18.8 Å². The number of hydrogen-bond acceptors (Lipinski definition) is 6. The predicted molar refractivity (Wildman–Crippen MR) is 144 cm³/mol. The van der Waals surface area contributed by atoms with Gasteiger partial charge in [-0.2, -0.15) is 0 Å². The van der Waals surface area contributed by atoms with E-state index in [1.54, 1.807) is 0 Å². The zero-order chi connectivity index (χ0) is 24.9. The first-order valence-corrected chi connectivity index (χ1v) is 12.9. The fourth-order valence-electron chi connectivity index (χ4n) is 4.18. The van der Waals surface area contributed by atoms with Gasteiger partial charge in [0.1, 0.15) is 5.25 Å². The van der Waals surface area contributed by atoms with Crippen molar-refractivity contribution in [2.75, 3.05) is 36.5 Å². The quantitative estimate of drug-likeness (QED) is 0.353. The molecule has 0 saturated carbocycles. The van der Waals surface area contributed by atoms with Gasteiger partial charge in [-0.1, -0.05) is 78.0 Å². The van der Waals surface area contributed by atoms with Gasteiger partial charge in [0.2, 0.25) is 11.9 Å². The van der Waals surface area contributed by atoms with Crippen LogP contribution in [0.4, 0.5) is 11.6 Å². The lowest BCUT2D eigenvalue weighted by molar-refractivity contribution is -0.115. The summed E-state index contributed by atoms with van der Waals surface area (Å²) in [5, 5.41) is 12.4. The van der Waals surface area contributed by atoms with Crippen molar-refractivity contribution in [3.8, 4) is 5.69 Å². The number of benzene rings is 3. The molecule has 3 aromatic carbocycles. The molecule has 5 rings (SSSR count). The Morgan fingerprint density at radius 3 is 2.33 bits per heavy atom. The SMILES string of the molecule is Cc1ccc(NC(=O)C(Sc2nnc(N3CCOCC3)n2-c2ccccc2C)c2ccccc2)cc1. The number of morpholine rings is 1. The number of anilines is 2. The molecule has 2 heterocycles. The molecule has 0 radical (unpaired) electrons. The molecular weight excluding hydrogens is 470 g/mol. The first-order chi connectivity index (χ1) is 17.6. The maximum atomic E-state index is 13.6. The third kappa shape index (κ3) is 5.29. The van der Waals surface area contributed by atoms with Gasteiger partial charge in [-0.15, -0.1) is 10.2 Å². The smallest absolute Gasteiger partial charge is 0.242 e. The molecule has 1 amide bonds. The molecule has 7 nitrogen and oxygen atoms in total. The number of amides is 1. The molecule has 1 aliphatic rings.